The van der Waals surface area contributed by atoms with Crippen molar-refractivity contribution in [1.29, 1.82) is 5.53 Å². The van der Waals surface area contributed by atoms with Crippen LogP contribution in [0.3, 0.4) is 0 Å². The number of ether oxygens (including phenoxy) is 1. The van der Waals surface area contributed by atoms with Crippen molar-refractivity contribution in [3.05, 3.63) is 365 Å². The van der Waals surface area contributed by atoms with Gasteiger partial charge in [0.25, 0.3) is 71.1 Å². The summed E-state index contributed by atoms with van der Waals surface area (Å²) in [6.07, 6.45) is 3.30. The van der Waals surface area contributed by atoms with Gasteiger partial charge < -0.3 is 9.64 Å². The summed E-state index contributed by atoms with van der Waals surface area (Å²) in [5, 5.41) is 41.9. The van der Waals surface area contributed by atoms with E-state index in [-0.39, 0.29) is 87.8 Å². The summed E-state index contributed by atoms with van der Waals surface area (Å²) in [4.78, 5) is 139. The first-order chi connectivity index (χ1) is 65.1. The van der Waals surface area contributed by atoms with Crippen molar-refractivity contribution < 1.29 is 69.4 Å². The lowest BCUT2D eigenvalue weighted by Gasteiger charge is -2.33. The number of alkyl halides is 6. The second-order valence-electron chi connectivity index (χ2n) is 28.7. The van der Waals surface area contributed by atoms with Gasteiger partial charge in [0.1, 0.15) is 11.3 Å². The first-order valence-electron chi connectivity index (χ1n) is 40.4. The van der Waals surface area contributed by atoms with Crippen molar-refractivity contribution in [2.45, 2.75) is 39.7 Å². The minimum atomic E-state index is -4.84. The van der Waals surface area contributed by atoms with E-state index in [1.54, 1.807) is 54.6 Å². The fourth-order valence-electron chi connectivity index (χ4n) is 12.7. The van der Waals surface area contributed by atoms with E-state index < -0.39 is 53.4 Å². The van der Waals surface area contributed by atoms with Crippen LogP contribution in [0.5, 0.6) is 5.75 Å². The molecule has 135 heavy (non-hydrogen) atoms. The molecule has 0 spiro atoms. The lowest BCUT2D eigenvalue weighted by Crippen LogP contribution is -2.36. The highest BCUT2D eigenvalue weighted by molar-refractivity contribution is 6.09. The zero-order valence-corrected chi connectivity index (χ0v) is 70.9. The van der Waals surface area contributed by atoms with Crippen molar-refractivity contribution in [1.82, 2.24) is 83.9 Å². The van der Waals surface area contributed by atoms with Crippen molar-refractivity contribution >= 4 is 106 Å². The standard InChI is InChI=1S/C27H26N6O2.C23H18N8O2.C21H14F3N7O3.C21H14F3N7O2/c1-18-8-3-5-10-22(18)24(34)28-26-30-27(29-25(35)23-11-6-4-9-19(23)2)33(31-26)21-14-12-20(13-15-21)32-16-7-17-32;1-15-8-5-6-13-19(15)21(33)26-23-27-22(29-31(23)18-11-3-2-4-12-18)25-20(32)16-9-7-10-17(14-16)28-30-24;22-21(23,24)34-16-3-1-15(2-4-16)31-20(28-18(33)14-7-11-26-12-8-14)29-19(30-31)27-17(32)13-5-9-25-10-6-13;22-21(23,24)15-1-3-16(4-2-15)31-20(28-18(33)14-7-11-26-12-8-14)29-19(30-31)27-17(32)13-5-9-25-10-6-13/h3-6,8-15H,7,16-17H2,1-2H3,(H2,28,29,30,31,34,35);2-14,24H,1H3,(H-,25,26,27,29,32,33);1-12H,(H2,27,28,29,30,32,33);1-12H,(H2,27,28,29,30,32,33)/p+1. The number of nitrogens with zero attached hydrogens (tertiary/aromatic N) is 19. The van der Waals surface area contributed by atoms with Crippen LogP contribution in [0.15, 0.2) is 303 Å². The minimum Gasteiger partial charge on any atom is -0.406 e. The number of hydrogen-bond donors (Lipinski definition) is 9. The van der Waals surface area contributed by atoms with Crippen LogP contribution >= 0.6 is 0 Å². The Labute approximate surface area is 760 Å². The van der Waals surface area contributed by atoms with E-state index in [4.69, 9.17) is 5.53 Å². The maximum Gasteiger partial charge on any atom is 0.573 e. The summed E-state index contributed by atoms with van der Waals surface area (Å²) in [7, 11) is 0. The number of carbonyl (C=O) groups is 8. The highest BCUT2D eigenvalue weighted by atomic mass is 19.4. The van der Waals surface area contributed by atoms with Gasteiger partial charge in [-0.3, -0.25) is 101 Å². The molecule has 8 aromatic carbocycles. The number of hydrogen-bond acceptors (Lipinski definition) is 24. The molecule has 0 aliphatic carbocycles. The molecule has 1 aliphatic heterocycles. The molecular formula is C92H73F6N28O9+. The van der Waals surface area contributed by atoms with Gasteiger partial charge in [0.2, 0.25) is 28.7 Å². The van der Waals surface area contributed by atoms with Crippen molar-refractivity contribution in [2.75, 3.05) is 60.5 Å². The van der Waals surface area contributed by atoms with Crippen LogP contribution in [0.2, 0.25) is 0 Å². The first kappa shape index (κ1) is 92.4. The predicted octanol–water partition coefficient (Wildman–Crippen LogP) is 15.9. The summed E-state index contributed by atoms with van der Waals surface area (Å²) in [6, 6.07) is 65.8. The van der Waals surface area contributed by atoms with E-state index in [1.807, 2.05) is 112 Å². The Morgan fingerprint density at radius 2 is 0.644 bits per heavy atom. The third-order valence-electron chi connectivity index (χ3n) is 19.5. The number of carbonyl (C=O) groups excluding carboxylic acids is 8. The van der Waals surface area contributed by atoms with E-state index in [9.17, 15) is 64.7 Å². The Bertz CT molecular complexity index is 7010. The summed E-state index contributed by atoms with van der Waals surface area (Å²) < 4.78 is 85.2. The molecule has 1 fully saturated rings. The zero-order valence-electron chi connectivity index (χ0n) is 70.9. The van der Waals surface area contributed by atoms with Gasteiger partial charge in [-0.15, -0.1) is 33.6 Å². The van der Waals surface area contributed by atoms with Gasteiger partial charge in [-0.2, -0.15) is 51.8 Å². The highest BCUT2D eigenvalue weighted by Crippen LogP contribution is 2.33. The number of rotatable bonds is 23. The number of aryl methyl sites for hydroxylation is 3. The molecule has 676 valence electrons. The van der Waals surface area contributed by atoms with Crippen molar-refractivity contribution in [2.24, 2.45) is 5.11 Å². The number of halogens is 6. The molecule has 16 aromatic rings. The zero-order chi connectivity index (χ0) is 95.1. The van der Waals surface area contributed by atoms with E-state index in [0.29, 0.717) is 44.8 Å². The van der Waals surface area contributed by atoms with Crippen molar-refractivity contribution in [3.63, 3.8) is 0 Å². The molecule has 1 saturated heterocycles. The Morgan fingerprint density at radius 1 is 0.341 bits per heavy atom. The van der Waals surface area contributed by atoms with Crippen LogP contribution in [0.1, 0.15) is 112 Å². The third-order valence-corrected chi connectivity index (χ3v) is 19.5. The number of aromatic nitrogens is 16. The van der Waals surface area contributed by atoms with Gasteiger partial charge in [-0.25, -0.2) is 0 Å². The molecule has 1 aliphatic rings. The molecule has 0 saturated carbocycles. The van der Waals surface area contributed by atoms with Gasteiger partial charge in [0.15, 0.2) is 10.8 Å². The van der Waals surface area contributed by atoms with E-state index in [1.165, 1.54) is 144 Å². The number of pyridine rings is 4. The lowest BCUT2D eigenvalue weighted by atomic mass is 10.1. The largest absolute Gasteiger partial charge is 0.573 e. The molecular weight excluding hydrogens is 1760 g/mol. The summed E-state index contributed by atoms with van der Waals surface area (Å²) in [5.74, 6) is -4.05. The number of anilines is 9. The second-order valence-corrected chi connectivity index (χ2v) is 28.7. The Hall–Kier alpha value is -18.8. The lowest BCUT2D eigenvalue weighted by molar-refractivity contribution is -0.274. The minimum absolute atomic E-state index is 0.0106. The van der Waals surface area contributed by atoms with Crippen molar-refractivity contribution in [3.8, 4) is 28.5 Å². The van der Waals surface area contributed by atoms with E-state index >= 15 is 0 Å². The fourth-order valence-corrected chi connectivity index (χ4v) is 12.7. The number of para-hydroxylation sites is 1. The fraction of sp³-hybridized carbons (Fsp3) is 0.0870. The molecule has 0 atom stereocenters. The average Bonchev–Trinajstić information content (AvgIpc) is 1.68. The van der Waals surface area contributed by atoms with Crippen LogP contribution in [-0.2, 0) is 6.18 Å². The molecule has 9 heterocycles. The van der Waals surface area contributed by atoms with Gasteiger partial charge in [-0.05, 0) is 214 Å². The van der Waals surface area contributed by atoms with Crippen LogP contribution in [0.4, 0.5) is 85.3 Å². The molecule has 0 radical (unpaired) electrons. The quantitative estimate of drug-likeness (QED) is 0.0163. The van der Waals surface area contributed by atoms with Crippen LogP contribution in [-0.4, -0.2) is 146 Å². The Balaban J connectivity index is 0.000000144. The highest BCUT2D eigenvalue weighted by Gasteiger charge is 2.33. The third kappa shape index (κ3) is 24.3. The van der Waals surface area contributed by atoms with Gasteiger partial charge in [0, 0.05) is 113 Å². The number of nitrogens with one attached hydrogen (secondary N) is 9. The maximum absolute atomic E-state index is 13.0. The number of benzene rings is 8. The molecule has 0 unspecified atom stereocenters. The number of amides is 8. The SMILES string of the molecule is Cc1ccccc1C(=O)Nc1nc(NC(=O)c2cccc(N=[N+]=N)c2)nn1-c1ccccc1.Cc1ccccc1C(=O)Nc1nc(NC(=O)c2ccccc2C)n(-c2ccc(N3CCC3)cc2)n1.O=C(Nc1nc(NC(=O)c2ccncc2)n(-c2ccc(C(F)(F)F)cc2)n1)c1ccncc1.O=C(Nc1nc(NC(=O)c2ccncc2)n(-c2ccc(OC(F)(F)F)cc2)n1)c1ccncc1. The summed E-state index contributed by atoms with van der Waals surface area (Å²) in [6.45, 7) is 7.69. The topological polar surface area (TPSA) is 470 Å². The molecule has 9 N–H and O–H groups in total. The summed E-state index contributed by atoms with van der Waals surface area (Å²) >= 11 is 0. The Morgan fingerprint density at radius 3 is 0.985 bits per heavy atom. The van der Waals surface area contributed by atoms with Gasteiger partial charge in [0.05, 0.1) is 28.3 Å². The first-order valence-corrected chi connectivity index (χ1v) is 40.4. The average molecular weight is 1830 g/mol. The maximum atomic E-state index is 13.0. The molecule has 8 amide bonds. The van der Waals surface area contributed by atoms with Gasteiger partial charge in [-0.1, -0.05) is 78.9 Å². The van der Waals surface area contributed by atoms with Gasteiger partial charge >= 0.3 is 12.5 Å². The summed E-state index contributed by atoms with van der Waals surface area (Å²) in [5.41, 5.74) is 14.8. The molecule has 8 aromatic heterocycles. The molecule has 43 heteroatoms. The van der Waals surface area contributed by atoms with E-state index in [2.05, 4.69) is 122 Å². The normalized spacial score (nSPS) is 11.3. The van der Waals surface area contributed by atoms with Crippen LogP contribution < -0.4 is 57.1 Å². The predicted molar refractivity (Wildman–Crippen MR) is 481 cm³/mol. The van der Waals surface area contributed by atoms with Crippen LogP contribution in [0, 0.1) is 26.3 Å². The molecule has 0 bridgehead atoms. The Kier molecular flexibility index (Phi) is 29.0. The molecule has 17 rings (SSSR count). The smallest absolute Gasteiger partial charge is 0.406 e. The van der Waals surface area contributed by atoms with E-state index in [0.717, 1.165) is 74.8 Å². The monoisotopic (exact) mass is 1830 g/mol. The second kappa shape index (κ2) is 42.4. The molecule has 37 nitrogen and oxygen atoms in total. The van der Waals surface area contributed by atoms with Crippen LogP contribution in [0.25, 0.3) is 22.7 Å².